The summed E-state index contributed by atoms with van der Waals surface area (Å²) in [5, 5.41) is 10.5. The number of ether oxygens (including phenoxy) is 3. The number of aliphatic hydroxyl groups is 1. The van der Waals surface area contributed by atoms with E-state index in [1.165, 1.54) is 10.8 Å². The first kappa shape index (κ1) is 23.0. The standard InChI is InChI=1S/C18H32N2O7Si/c1-11-10-20(17(23)19-14(11)21)15-12(25-9-8-24-5)13(16(22)26-15)27-28(6,7)18(2,3)4/h10,12-13,15-16,22H,8-9H2,1-7H3,(H,19,21,23). The Morgan fingerprint density at radius 3 is 2.46 bits per heavy atom. The largest absolute Gasteiger partial charge is 0.406 e. The van der Waals surface area contributed by atoms with Gasteiger partial charge in [-0.05, 0) is 25.1 Å². The maximum Gasteiger partial charge on any atom is 0.330 e. The van der Waals surface area contributed by atoms with Gasteiger partial charge in [0.2, 0.25) is 0 Å². The zero-order chi connectivity index (χ0) is 21.3. The van der Waals surface area contributed by atoms with Gasteiger partial charge in [0.15, 0.2) is 20.8 Å². The molecular weight excluding hydrogens is 384 g/mol. The van der Waals surface area contributed by atoms with Gasteiger partial charge in [-0.1, -0.05) is 20.8 Å². The summed E-state index contributed by atoms with van der Waals surface area (Å²) in [6.45, 7) is 12.6. The molecule has 1 aromatic heterocycles. The summed E-state index contributed by atoms with van der Waals surface area (Å²) in [6, 6.07) is 0. The first-order valence-corrected chi connectivity index (χ1v) is 12.2. The van der Waals surface area contributed by atoms with Crippen LogP contribution in [-0.4, -0.2) is 61.8 Å². The number of aromatic amines is 1. The molecule has 160 valence electrons. The highest BCUT2D eigenvalue weighted by molar-refractivity contribution is 6.74. The highest BCUT2D eigenvalue weighted by atomic mass is 28.4. The molecule has 0 saturated carbocycles. The van der Waals surface area contributed by atoms with Crippen LogP contribution in [-0.2, 0) is 18.6 Å². The van der Waals surface area contributed by atoms with Gasteiger partial charge >= 0.3 is 5.69 Å². The van der Waals surface area contributed by atoms with Crippen LogP contribution < -0.4 is 11.2 Å². The molecule has 0 spiro atoms. The molecule has 4 atom stereocenters. The molecule has 1 aromatic rings. The van der Waals surface area contributed by atoms with Gasteiger partial charge in [0.05, 0.1) is 13.2 Å². The second-order valence-corrected chi connectivity index (χ2v) is 13.3. The number of H-pyrrole nitrogens is 1. The molecule has 1 fully saturated rings. The molecule has 2 N–H and O–H groups in total. The lowest BCUT2D eigenvalue weighted by Gasteiger charge is -2.40. The van der Waals surface area contributed by atoms with Crippen LogP contribution in [0, 0.1) is 6.92 Å². The van der Waals surface area contributed by atoms with Crippen molar-refractivity contribution in [1.82, 2.24) is 9.55 Å². The fraction of sp³-hybridized carbons (Fsp3) is 0.778. The van der Waals surface area contributed by atoms with Gasteiger partial charge in [-0.15, -0.1) is 0 Å². The van der Waals surface area contributed by atoms with E-state index >= 15 is 0 Å². The van der Waals surface area contributed by atoms with Crippen LogP contribution in [0.5, 0.6) is 0 Å². The maximum atomic E-state index is 12.3. The Morgan fingerprint density at radius 2 is 1.89 bits per heavy atom. The molecule has 1 saturated heterocycles. The first-order valence-electron chi connectivity index (χ1n) is 9.33. The number of aromatic nitrogens is 2. The Morgan fingerprint density at radius 1 is 1.25 bits per heavy atom. The van der Waals surface area contributed by atoms with E-state index in [0.29, 0.717) is 12.2 Å². The average molecular weight is 417 g/mol. The Labute approximate surface area is 165 Å². The van der Waals surface area contributed by atoms with E-state index in [0.717, 1.165) is 0 Å². The normalized spacial score (nSPS) is 26.0. The Balaban J connectivity index is 2.40. The van der Waals surface area contributed by atoms with Gasteiger partial charge in [0.1, 0.15) is 12.2 Å². The maximum absolute atomic E-state index is 12.3. The van der Waals surface area contributed by atoms with Crippen molar-refractivity contribution in [2.24, 2.45) is 0 Å². The van der Waals surface area contributed by atoms with Crippen LogP contribution >= 0.6 is 0 Å². The molecule has 2 heterocycles. The highest BCUT2D eigenvalue weighted by Crippen LogP contribution is 2.41. The second-order valence-electron chi connectivity index (χ2n) is 8.57. The van der Waals surface area contributed by atoms with Crippen molar-refractivity contribution in [3.8, 4) is 0 Å². The van der Waals surface area contributed by atoms with E-state index in [9.17, 15) is 14.7 Å². The van der Waals surface area contributed by atoms with Gasteiger partial charge in [-0.2, -0.15) is 0 Å². The number of hydrogen-bond donors (Lipinski definition) is 2. The molecule has 1 aliphatic heterocycles. The summed E-state index contributed by atoms with van der Waals surface area (Å²) in [4.78, 5) is 26.3. The SMILES string of the molecule is COCCOC1C(O[Si](C)(C)C(C)(C)C)C(O)OC1n1cc(C)c(=O)[nH]c1=O. The molecule has 28 heavy (non-hydrogen) atoms. The molecule has 1 aliphatic rings. The van der Waals surface area contributed by atoms with E-state index in [2.05, 4.69) is 38.8 Å². The van der Waals surface area contributed by atoms with Gasteiger partial charge in [-0.3, -0.25) is 14.3 Å². The third-order valence-corrected chi connectivity index (χ3v) is 9.89. The molecule has 0 bridgehead atoms. The highest BCUT2D eigenvalue weighted by Gasteiger charge is 2.51. The van der Waals surface area contributed by atoms with Gasteiger partial charge in [0, 0.05) is 18.9 Å². The van der Waals surface area contributed by atoms with E-state index in [-0.39, 0.29) is 11.6 Å². The second kappa shape index (κ2) is 8.60. The predicted molar refractivity (Wildman–Crippen MR) is 106 cm³/mol. The molecule has 9 nitrogen and oxygen atoms in total. The number of nitrogens with one attached hydrogen (secondary N) is 1. The summed E-state index contributed by atoms with van der Waals surface area (Å²) in [5.74, 6) is 0. The van der Waals surface area contributed by atoms with Crippen molar-refractivity contribution in [3.05, 3.63) is 32.6 Å². The summed E-state index contributed by atoms with van der Waals surface area (Å²) in [7, 11) is -0.706. The third-order valence-electron chi connectivity index (χ3n) is 5.42. The summed E-state index contributed by atoms with van der Waals surface area (Å²) >= 11 is 0. The van der Waals surface area contributed by atoms with Crippen LogP contribution in [0.3, 0.4) is 0 Å². The smallest absolute Gasteiger partial charge is 0.330 e. The molecule has 2 rings (SSSR count). The number of hydrogen-bond acceptors (Lipinski definition) is 7. The molecule has 0 amide bonds. The van der Waals surface area contributed by atoms with Crippen LogP contribution in [0.25, 0.3) is 0 Å². The third kappa shape index (κ3) is 4.81. The number of methoxy groups -OCH3 is 1. The zero-order valence-electron chi connectivity index (χ0n) is 17.6. The Bertz CT molecular complexity index is 783. The van der Waals surface area contributed by atoms with Crippen LogP contribution in [0.1, 0.15) is 32.6 Å². The average Bonchev–Trinajstić information content (AvgIpc) is 2.86. The minimum absolute atomic E-state index is 0.0900. The number of nitrogens with zero attached hydrogens (tertiary/aromatic N) is 1. The quantitative estimate of drug-likeness (QED) is 0.506. The molecule has 0 aromatic carbocycles. The summed E-state index contributed by atoms with van der Waals surface area (Å²) in [6.07, 6.45) is -2.33. The van der Waals surface area contributed by atoms with Crippen molar-refractivity contribution in [1.29, 1.82) is 0 Å². The van der Waals surface area contributed by atoms with E-state index in [4.69, 9.17) is 18.6 Å². The fourth-order valence-corrected chi connectivity index (χ4v) is 3.99. The van der Waals surface area contributed by atoms with Crippen molar-refractivity contribution in [2.45, 2.75) is 70.6 Å². The lowest BCUT2D eigenvalue weighted by Crippen LogP contribution is -2.50. The van der Waals surface area contributed by atoms with Gasteiger partial charge in [0.25, 0.3) is 5.56 Å². The molecule has 0 radical (unpaired) electrons. The molecular formula is C18H32N2O7Si. The van der Waals surface area contributed by atoms with Crippen LogP contribution in [0.4, 0.5) is 0 Å². The topological polar surface area (TPSA) is 112 Å². The zero-order valence-corrected chi connectivity index (χ0v) is 18.6. The van der Waals surface area contributed by atoms with Crippen molar-refractivity contribution < 1.29 is 23.7 Å². The fourth-order valence-electron chi connectivity index (χ4n) is 2.71. The predicted octanol–water partition coefficient (Wildman–Crippen LogP) is 1.11. The number of aryl methyl sites for hydroxylation is 1. The molecule has 4 unspecified atom stereocenters. The van der Waals surface area contributed by atoms with Crippen LogP contribution in [0.2, 0.25) is 18.1 Å². The number of rotatable bonds is 7. The summed E-state index contributed by atoms with van der Waals surface area (Å²) < 4.78 is 24.2. The van der Waals surface area contributed by atoms with Crippen molar-refractivity contribution in [3.63, 3.8) is 0 Å². The van der Waals surface area contributed by atoms with E-state index in [1.54, 1.807) is 14.0 Å². The Kier molecular flexibility index (Phi) is 7.06. The lowest BCUT2D eigenvalue weighted by molar-refractivity contribution is -0.141. The first-order chi connectivity index (χ1) is 12.9. The Hall–Kier alpha value is -1.30. The van der Waals surface area contributed by atoms with E-state index in [1.807, 2.05) is 0 Å². The van der Waals surface area contributed by atoms with Gasteiger partial charge in [-0.25, -0.2) is 4.79 Å². The molecule has 10 heteroatoms. The minimum atomic E-state index is -2.26. The number of aliphatic hydroxyl groups excluding tert-OH is 1. The van der Waals surface area contributed by atoms with Crippen molar-refractivity contribution >= 4 is 8.32 Å². The monoisotopic (exact) mass is 416 g/mol. The summed E-state index contributed by atoms with van der Waals surface area (Å²) in [5.41, 5.74) is -0.756. The van der Waals surface area contributed by atoms with Crippen molar-refractivity contribution in [2.75, 3.05) is 20.3 Å². The van der Waals surface area contributed by atoms with Gasteiger partial charge < -0.3 is 23.7 Å². The minimum Gasteiger partial charge on any atom is -0.406 e. The lowest BCUT2D eigenvalue weighted by atomic mass is 10.2. The molecule has 0 aliphatic carbocycles. The van der Waals surface area contributed by atoms with E-state index < -0.39 is 44.3 Å². The van der Waals surface area contributed by atoms with Crippen LogP contribution in [0.15, 0.2) is 15.8 Å².